The molecule has 0 aromatic carbocycles. The lowest BCUT2D eigenvalue weighted by atomic mass is 10.0. The fourth-order valence-corrected chi connectivity index (χ4v) is 0.901. The van der Waals surface area contributed by atoms with Gasteiger partial charge in [0.1, 0.15) is 0 Å². The lowest BCUT2D eigenvalue weighted by molar-refractivity contribution is 0.539. The van der Waals surface area contributed by atoms with Gasteiger partial charge in [-0.05, 0) is 34.1 Å². The highest BCUT2D eigenvalue weighted by atomic mass is 15.3. The first-order valence-corrected chi connectivity index (χ1v) is 4.91. The topological polar surface area (TPSA) is 50.7 Å². The molecule has 14 heavy (non-hydrogen) atoms. The Morgan fingerprint density at radius 1 is 1.14 bits per heavy atom. The van der Waals surface area contributed by atoms with Crippen molar-refractivity contribution in [3.63, 3.8) is 0 Å². The summed E-state index contributed by atoms with van der Waals surface area (Å²) >= 11 is 0. The van der Waals surface area contributed by atoms with Crippen molar-refractivity contribution in [1.82, 2.24) is 15.2 Å². The SMILES string of the molecule is CCC(C)(C)Nc1nnc(C)c(C)n1. The molecule has 1 aromatic rings. The second-order valence-corrected chi connectivity index (χ2v) is 4.17. The van der Waals surface area contributed by atoms with Gasteiger partial charge in [-0.15, -0.1) is 5.10 Å². The fourth-order valence-electron chi connectivity index (χ4n) is 0.901. The number of nitrogens with one attached hydrogen (secondary N) is 1. The average molecular weight is 194 g/mol. The van der Waals surface area contributed by atoms with Crippen LogP contribution < -0.4 is 5.32 Å². The van der Waals surface area contributed by atoms with E-state index < -0.39 is 0 Å². The molecule has 0 amide bonds. The molecule has 0 bridgehead atoms. The highest BCUT2D eigenvalue weighted by Gasteiger charge is 2.16. The first-order chi connectivity index (χ1) is 6.44. The van der Waals surface area contributed by atoms with E-state index in [-0.39, 0.29) is 5.54 Å². The molecule has 0 fully saturated rings. The van der Waals surface area contributed by atoms with Gasteiger partial charge >= 0.3 is 0 Å². The highest BCUT2D eigenvalue weighted by Crippen LogP contribution is 2.14. The van der Waals surface area contributed by atoms with E-state index in [2.05, 4.69) is 41.3 Å². The Kier molecular flexibility index (Phi) is 3.03. The van der Waals surface area contributed by atoms with Crippen LogP contribution in [-0.4, -0.2) is 20.7 Å². The van der Waals surface area contributed by atoms with Crippen molar-refractivity contribution in [3.05, 3.63) is 11.4 Å². The zero-order valence-electron chi connectivity index (χ0n) is 9.55. The van der Waals surface area contributed by atoms with Crippen LogP contribution >= 0.6 is 0 Å². The molecule has 0 aliphatic rings. The molecule has 4 heteroatoms. The minimum atomic E-state index is 0.0172. The number of aromatic nitrogens is 3. The summed E-state index contributed by atoms with van der Waals surface area (Å²) < 4.78 is 0. The van der Waals surface area contributed by atoms with Gasteiger partial charge in [-0.1, -0.05) is 6.92 Å². The van der Waals surface area contributed by atoms with Crippen molar-refractivity contribution >= 4 is 5.95 Å². The second kappa shape index (κ2) is 3.90. The minimum absolute atomic E-state index is 0.0172. The Bertz CT molecular complexity index is 320. The number of rotatable bonds is 3. The maximum Gasteiger partial charge on any atom is 0.243 e. The predicted octanol–water partition coefficient (Wildman–Crippen LogP) is 2.09. The van der Waals surface area contributed by atoms with E-state index in [0.29, 0.717) is 5.95 Å². The maximum absolute atomic E-state index is 4.32. The first-order valence-electron chi connectivity index (χ1n) is 4.91. The summed E-state index contributed by atoms with van der Waals surface area (Å²) in [5.41, 5.74) is 1.82. The van der Waals surface area contributed by atoms with E-state index in [1.54, 1.807) is 0 Å². The van der Waals surface area contributed by atoms with Gasteiger partial charge in [0.2, 0.25) is 5.95 Å². The lowest BCUT2D eigenvalue weighted by Gasteiger charge is -2.24. The van der Waals surface area contributed by atoms with Crippen LogP contribution in [-0.2, 0) is 0 Å². The minimum Gasteiger partial charge on any atom is -0.348 e. The Morgan fingerprint density at radius 3 is 2.29 bits per heavy atom. The summed E-state index contributed by atoms with van der Waals surface area (Å²) in [6.07, 6.45) is 1.02. The number of nitrogens with zero attached hydrogens (tertiary/aromatic N) is 3. The van der Waals surface area contributed by atoms with Gasteiger partial charge in [-0.2, -0.15) is 5.10 Å². The molecule has 0 aliphatic heterocycles. The smallest absolute Gasteiger partial charge is 0.243 e. The third kappa shape index (κ3) is 2.65. The van der Waals surface area contributed by atoms with Gasteiger partial charge in [0, 0.05) is 5.54 Å². The van der Waals surface area contributed by atoms with Crippen molar-refractivity contribution in [2.45, 2.75) is 46.6 Å². The first kappa shape index (κ1) is 10.9. The summed E-state index contributed by atoms with van der Waals surface area (Å²) in [5.74, 6) is 0.611. The number of anilines is 1. The summed E-state index contributed by atoms with van der Waals surface area (Å²) in [4.78, 5) is 4.32. The molecule has 1 rings (SSSR count). The largest absolute Gasteiger partial charge is 0.348 e. The van der Waals surface area contributed by atoms with Crippen LogP contribution in [0, 0.1) is 13.8 Å². The van der Waals surface area contributed by atoms with Crippen LogP contribution in [0.1, 0.15) is 38.6 Å². The third-order valence-corrected chi connectivity index (χ3v) is 2.43. The normalized spacial score (nSPS) is 11.5. The van der Waals surface area contributed by atoms with Gasteiger partial charge in [-0.3, -0.25) is 0 Å². The molecule has 0 atom stereocenters. The molecule has 0 aliphatic carbocycles. The van der Waals surface area contributed by atoms with Crippen molar-refractivity contribution in [2.75, 3.05) is 5.32 Å². The molecule has 4 nitrogen and oxygen atoms in total. The second-order valence-electron chi connectivity index (χ2n) is 4.17. The van der Waals surface area contributed by atoms with Crippen molar-refractivity contribution in [2.24, 2.45) is 0 Å². The van der Waals surface area contributed by atoms with Crippen molar-refractivity contribution < 1.29 is 0 Å². The molecule has 0 saturated heterocycles. The van der Waals surface area contributed by atoms with Crippen molar-refractivity contribution in [1.29, 1.82) is 0 Å². The van der Waals surface area contributed by atoms with Gasteiger partial charge in [0.25, 0.3) is 0 Å². The lowest BCUT2D eigenvalue weighted by Crippen LogP contribution is -2.31. The quantitative estimate of drug-likeness (QED) is 0.800. The van der Waals surface area contributed by atoms with E-state index in [1.807, 2.05) is 13.8 Å². The van der Waals surface area contributed by atoms with Crippen LogP contribution in [0.5, 0.6) is 0 Å². The zero-order chi connectivity index (χ0) is 10.8. The van der Waals surface area contributed by atoms with Gasteiger partial charge < -0.3 is 5.32 Å². The van der Waals surface area contributed by atoms with Gasteiger partial charge in [-0.25, -0.2) is 4.98 Å². The van der Waals surface area contributed by atoms with E-state index in [0.717, 1.165) is 17.8 Å². The molecule has 1 N–H and O–H groups in total. The number of hydrogen-bond acceptors (Lipinski definition) is 4. The van der Waals surface area contributed by atoms with Crippen LogP contribution in [0.2, 0.25) is 0 Å². The van der Waals surface area contributed by atoms with E-state index in [9.17, 15) is 0 Å². The Balaban J connectivity index is 2.83. The van der Waals surface area contributed by atoms with Crippen molar-refractivity contribution in [3.8, 4) is 0 Å². The summed E-state index contributed by atoms with van der Waals surface area (Å²) in [6, 6.07) is 0. The molecule has 0 radical (unpaired) electrons. The Hall–Kier alpha value is -1.19. The van der Waals surface area contributed by atoms with Gasteiger partial charge in [0.15, 0.2) is 0 Å². The van der Waals surface area contributed by atoms with Crippen LogP contribution in [0.4, 0.5) is 5.95 Å². The molecule has 0 spiro atoms. The monoisotopic (exact) mass is 194 g/mol. The highest BCUT2D eigenvalue weighted by molar-refractivity contribution is 5.28. The zero-order valence-corrected chi connectivity index (χ0v) is 9.55. The predicted molar refractivity (Wildman–Crippen MR) is 57.3 cm³/mol. The molecule has 78 valence electrons. The van der Waals surface area contributed by atoms with Gasteiger partial charge in [0.05, 0.1) is 11.4 Å². The molecule has 1 heterocycles. The van der Waals surface area contributed by atoms with E-state index in [4.69, 9.17) is 0 Å². The van der Waals surface area contributed by atoms with E-state index >= 15 is 0 Å². The van der Waals surface area contributed by atoms with E-state index in [1.165, 1.54) is 0 Å². The summed E-state index contributed by atoms with van der Waals surface area (Å²) in [5, 5.41) is 11.3. The molecule has 0 saturated carbocycles. The van der Waals surface area contributed by atoms with Crippen LogP contribution in [0.3, 0.4) is 0 Å². The third-order valence-electron chi connectivity index (χ3n) is 2.43. The Morgan fingerprint density at radius 2 is 1.79 bits per heavy atom. The number of hydrogen-bond donors (Lipinski definition) is 1. The molecular formula is C10H18N4. The van der Waals surface area contributed by atoms with Crippen LogP contribution in [0.15, 0.2) is 0 Å². The van der Waals surface area contributed by atoms with Crippen LogP contribution in [0.25, 0.3) is 0 Å². The molecule has 0 unspecified atom stereocenters. The standard InChI is InChI=1S/C10H18N4/c1-6-10(4,5)12-9-11-7(2)8(3)13-14-9/h6H2,1-5H3,(H,11,12,14). The molecule has 1 aromatic heterocycles. The number of aryl methyl sites for hydroxylation is 2. The maximum atomic E-state index is 4.32. The fraction of sp³-hybridized carbons (Fsp3) is 0.700. The average Bonchev–Trinajstić information content (AvgIpc) is 2.11. The molecular weight excluding hydrogens is 176 g/mol. The summed E-state index contributed by atoms with van der Waals surface area (Å²) in [6.45, 7) is 10.2. The Labute approximate surface area is 85.2 Å². The summed E-state index contributed by atoms with van der Waals surface area (Å²) in [7, 11) is 0.